The number of aliphatic carboxylic acids is 1. The number of carboxylic acid groups (broad SMARTS) is 1. The number of nitrogens with one attached hydrogen (secondary N) is 2. The van der Waals surface area contributed by atoms with E-state index in [2.05, 4.69) is 39.8 Å². The second kappa shape index (κ2) is 20.1. The average molecular weight is 782 g/mol. The number of aliphatic hydroxyl groups excluding tert-OH is 1. The van der Waals surface area contributed by atoms with Crippen LogP contribution in [0.25, 0.3) is 11.1 Å². The Labute approximate surface area is 338 Å². The first-order valence-corrected chi connectivity index (χ1v) is 21.2. The van der Waals surface area contributed by atoms with E-state index in [1.807, 2.05) is 69.3 Å². The van der Waals surface area contributed by atoms with Crippen LogP contribution in [-0.4, -0.2) is 63.2 Å². The lowest BCUT2D eigenvalue weighted by molar-refractivity contribution is -0.255. The van der Waals surface area contributed by atoms with Gasteiger partial charge in [-0.05, 0) is 105 Å². The lowest BCUT2D eigenvalue weighted by Gasteiger charge is -2.50. The lowest BCUT2D eigenvalue weighted by Crippen LogP contribution is -2.61. The number of hydrogen-bond acceptors (Lipinski definition) is 7. The van der Waals surface area contributed by atoms with Crippen LogP contribution in [0.5, 0.6) is 0 Å². The summed E-state index contributed by atoms with van der Waals surface area (Å²) < 4.78 is 13.7. The third-order valence-electron chi connectivity index (χ3n) is 11.8. The minimum absolute atomic E-state index is 0.00736. The van der Waals surface area contributed by atoms with Crippen molar-refractivity contribution in [2.24, 2.45) is 5.92 Å². The molecule has 0 spiro atoms. The SMILES string of the molecule is CC(C)(C)NC(=O)C1CCC2CCCCC2N1CC1CC(c2ccc(CO)cc2)OC(c2cccc(-c3cccc(CNC(=O)CCCCCCC(=O)O)c3)c2)O1. The molecule has 3 fully saturated rings. The summed E-state index contributed by atoms with van der Waals surface area (Å²) in [6.45, 7) is 7.18. The normalized spacial score (nSPS) is 24.0. The smallest absolute Gasteiger partial charge is 0.303 e. The van der Waals surface area contributed by atoms with E-state index in [9.17, 15) is 19.5 Å². The van der Waals surface area contributed by atoms with Gasteiger partial charge in [0.25, 0.3) is 0 Å². The van der Waals surface area contributed by atoms with Crippen LogP contribution in [0.1, 0.15) is 139 Å². The molecule has 2 saturated heterocycles. The highest BCUT2D eigenvalue weighted by Crippen LogP contribution is 2.42. The maximum Gasteiger partial charge on any atom is 0.303 e. The molecule has 6 rings (SSSR count). The summed E-state index contributed by atoms with van der Waals surface area (Å²) in [4.78, 5) is 39.6. The van der Waals surface area contributed by atoms with Crippen molar-refractivity contribution in [1.29, 1.82) is 0 Å². The summed E-state index contributed by atoms with van der Waals surface area (Å²) >= 11 is 0. The number of amides is 2. The van der Waals surface area contributed by atoms with E-state index < -0.39 is 12.3 Å². The third kappa shape index (κ3) is 12.2. The zero-order valence-electron chi connectivity index (χ0n) is 34.1. The van der Waals surface area contributed by atoms with Gasteiger partial charge in [0, 0.05) is 49.5 Å². The molecule has 6 unspecified atom stereocenters. The molecule has 6 atom stereocenters. The quantitative estimate of drug-likeness (QED) is 0.107. The highest BCUT2D eigenvalue weighted by Gasteiger charge is 2.44. The molecule has 3 aliphatic rings. The van der Waals surface area contributed by atoms with Crippen molar-refractivity contribution < 1.29 is 34.1 Å². The second-order valence-corrected chi connectivity index (χ2v) is 17.4. The number of benzene rings is 3. The predicted octanol–water partition coefficient (Wildman–Crippen LogP) is 8.37. The van der Waals surface area contributed by atoms with Crippen molar-refractivity contribution in [2.45, 2.75) is 154 Å². The van der Waals surface area contributed by atoms with Crippen LogP contribution < -0.4 is 10.6 Å². The molecule has 2 heterocycles. The highest BCUT2D eigenvalue weighted by atomic mass is 16.7. The fourth-order valence-corrected chi connectivity index (χ4v) is 8.93. The van der Waals surface area contributed by atoms with Gasteiger partial charge in [0.15, 0.2) is 6.29 Å². The fourth-order valence-electron chi connectivity index (χ4n) is 8.93. The predicted molar refractivity (Wildman–Crippen MR) is 221 cm³/mol. The molecule has 0 radical (unpaired) electrons. The fraction of sp³-hybridized carbons (Fsp3) is 0.553. The zero-order valence-corrected chi connectivity index (χ0v) is 34.1. The van der Waals surface area contributed by atoms with E-state index in [-0.39, 0.29) is 48.6 Å². The summed E-state index contributed by atoms with van der Waals surface area (Å²) in [7, 11) is 0. The number of hydrogen-bond donors (Lipinski definition) is 4. The summed E-state index contributed by atoms with van der Waals surface area (Å²) in [5.74, 6) is -0.0883. The van der Waals surface area contributed by atoms with Gasteiger partial charge < -0.3 is 30.3 Å². The topological polar surface area (TPSA) is 137 Å². The number of fused-ring (bicyclic) bond motifs is 1. The molecule has 4 N–H and O–H groups in total. The average Bonchev–Trinajstić information content (AvgIpc) is 3.20. The van der Waals surface area contributed by atoms with Crippen molar-refractivity contribution in [3.05, 3.63) is 95.1 Å². The van der Waals surface area contributed by atoms with Crippen molar-refractivity contribution in [1.82, 2.24) is 15.5 Å². The Bertz CT molecular complexity index is 1790. The van der Waals surface area contributed by atoms with Crippen LogP contribution in [0.15, 0.2) is 72.8 Å². The number of carbonyl (C=O) groups is 3. The van der Waals surface area contributed by atoms with Gasteiger partial charge in [0.2, 0.25) is 11.8 Å². The summed E-state index contributed by atoms with van der Waals surface area (Å²) in [6, 6.07) is 24.6. The molecule has 0 aromatic heterocycles. The Morgan fingerprint density at radius 3 is 2.25 bits per heavy atom. The second-order valence-electron chi connectivity index (χ2n) is 17.4. The Kier molecular flexibility index (Phi) is 15.0. The zero-order chi connectivity index (χ0) is 40.4. The van der Waals surface area contributed by atoms with E-state index >= 15 is 0 Å². The first kappa shape index (κ1) is 42.5. The molecular formula is C47H63N3O7. The van der Waals surface area contributed by atoms with E-state index in [0.29, 0.717) is 44.3 Å². The molecule has 3 aromatic rings. The minimum atomic E-state index is -0.778. The lowest BCUT2D eigenvalue weighted by atomic mass is 9.75. The van der Waals surface area contributed by atoms with Crippen LogP contribution >= 0.6 is 0 Å². The largest absolute Gasteiger partial charge is 0.481 e. The van der Waals surface area contributed by atoms with Crippen LogP contribution in [0.3, 0.4) is 0 Å². The molecule has 3 aromatic carbocycles. The summed E-state index contributed by atoms with van der Waals surface area (Å²) in [5, 5.41) is 24.9. The number of nitrogens with zero attached hydrogens (tertiary/aromatic N) is 1. The van der Waals surface area contributed by atoms with Gasteiger partial charge >= 0.3 is 5.97 Å². The Morgan fingerprint density at radius 2 is 1.51 bits per heavy atom. The molecule has 57 heavy (non-hydrogen) atoms. The van der Waals surface area contributed by atoms with E-state index in [0.717, 1.165) is 71.9 Å². The first-order chi connectivity index (χ1) is 27.5. The van der Waals surface area contributed by atoms with Gasteiger partial charge in [-0.1, -0.05) is 86.3 Å². The van der Waals surface area contributed by atoms with Gasteiger partial charge in [-0.2, -0.15) is 0 Å². The maximum atomic E-state index is 13.9. The molecule has 308 valence electrons. The van der Waals surface area contributed by atoms with Gasteiger partial charge in [-0.25, -0.2) is 0 Å². The van der Waals surface area contributed by atoms with Crippen LogP contribution in [-0.2, 0) is 37.0 Å². The van der Waals surface area contributed by atoms with Crippen LogP contribution in [0.4, 0.5) is 0 Å². The number of aliphatic hydroxyl groups is 1. The van der Waals surface area contributed by atoms with Gasteiger partial charge in [-0.3, -0.25) is 19.3 Å². The summed E-state index contributed by atoms with van der Waals surface area (Å²) in [6.07, 6.45) is 9.90. The molecule has 1 saturated carbocycles. The van der Waals surface area contributed by atoms with Crippen molar-refractivity contribution in [3.63, 3.8) is 0 Å². The number of unbranched alkanes of at least 4 members (excludes halogenated alkanes) is 3. The summed E-state index contributed by atoms with van der Waals surface area (Å²) in [5.41, 5.74) is 5.51. The number of carbonyl (C=O) groups excluding carboxylic acids is 2. The minimum Gasteiger partial charge on any atom is -0.481 e. The Hall–Kier alpha value is -4.09. The van der Waals surface area contributed by atoms with E-state index in [4.69, 9.17) is 14.6 Å². The van der Waals surface area contributed by atoms with Gasteiger partial charge in [0.05, 0.1) is 24.9 Å². The van der Waals surface area contributed by atoms with Gasteiger partial charge in [-0.15, -0.1) is 0 Å². The Balaban J connectivity index is 1.18. The molecule has 2 amide bonds. The monoisotopic (exact) mass is 781 g/mol. The van der Waals surface area contributed by atoms with E-state index in [1.54, 1.807) is 0 Å². The number of likely N-dealkylation sites (tertiary alicyclic amines) is 1. The molecule has 10 heteroatoms. The molecule has 2 aliphatic heterocycles. The van der Waals surface area contributed by atoms with Gasteiger partial charge in [0.1, 0.15) is 0 Å². The standard InChI is InChI=1S/C47H63N3O7/c1-47(2,3)49-45(55)41-25-24-34-13-8-9-17-40(34)50(41)30-39-28-42(35-22-20-32(31-51)21-23-35)57-46(56-39)38-16-11-15-37(27-38)36-14-10-12-33(26-36)29-48-43(52)18-6-4-5-7-19-44(53)54/h10-12,14-16,20-23,26-27,34,39-42,46,51H,4-9,13,17-19,24-25,28-31H2,1-3H3,(H,48,52)(H,49,55)(H,53,54). The van der Waals surface area contributed by atoms with Crippen LogP contribution in [0.2, 0.25) is 0 Å². The number of piperidine rings is 1. The molecule has 1 aliphatic carbocycles. The number of carboxylic acids is 1. The van der Waals surface area contributed by atoms with Crippen molar-refractivity contribution in [2.75, 3.05) is 6.54 Å². The van der Waals surface area contributed by atoms with Crippen molar-refractivity contribution in [3.8, 4) is 11.1 Å². The molecule has 0 bridgehead atoms. The molecule has 10 nitrogen and oxygen atoms in total. The highest BCUT2D eigenvalue weighted by molar-refractivity contribution is 5.82. The van der Waals surface area contributed by atoms with Crippen molar-refractivity contribution >= 4 is 17.8 Å². The van der Waals surface area contributed by atoms with E-state index in [1.165, 1.54) is 19.3 Å². The molecular weight excluding hydrogens is 719 g/mol. The first-order valence-electron chi connectivity index (χ1n) is 21.2. The third-order valence-corrected chi connectivity index (χ3v) is 11.8. The maximum absolute atomic E-state index is 13.9. The number of rotatable bonds is 16. The van der Waals surface area contributed by atoms with Crippen LogP contribution in [0, 0.1) is 5.92 Å². The number of ether oxygens (including phenoxy) is 2. The Morgan fingerprint density at radius 1 is 0.789 bits per heavy atom.